The molecule has 3 N–H and O–H groups in total. The number of esters is 1. The van der Waals surface area contributed by atoms with E-state index in [4.69, 9.17) is 14.6 Å². The number of amides is 1. The quantitative estimate of drug-likeness (QED) is 0.453. The van der Waals surface area contributed by atoms with Crippen LogP contribution in [0.1, 0.15) is 28.8 Å². The van der Waals surface area contributed by atoms with Crippen molar-refractivity contribution in [3.8, 4) is 5.75 Å². The fourth-order valence-electron chi connectivity index (χ4n) is 2.53. The van der Waals surface area contributed by atoms with Crippen molar-refractivity contribution in [2.24, 2.45) is 5.14 Å². The first-order valence-corrected chi connectivity index (χ1v) is 10.4. The summed E-state index contributed by atoms with van der Waals surface area (Å²) in [5.41, 5.74) is 1.58. The highest BCUT2D eigenvalue weighted by molar-refractivity contribution is 7.89. The second-order valence-corrected chi connectivity index (χ2v) is 7.97. The van der Waals surface area contributed by atoms with Crippen LogP contribution in [0.5, 0.6) is 5.75 Å². The molecule has 0 aliphatic heterocycles. The minimum Gasteiger partial charge on any atom is -0.496 e. The van der Waals surface area contributed by atoms with E-state index in [1.807, 2.05) is 13.0 Å². The van der Waals surface area contributed by atoms with Crippen LogP contribution in [-0.4, -0.2) is 39.8 Å². The Morgan fingerprint density at radius 2 is 1.70 bits per heavy atom. The molecule has 0 heterocycles. The van der Waals surface area contributed by atoms with Gasteiger partial charge in [-0.15, -0.1) is 0 Å². The summed E-state index contributed by atoms with van der Waals surface area (Å²) >= 11 is 0. The van der Waals surface area contributed by atoms with E-state index < -0.39 is 28.5 Å². The smallest absolute Gasteiger partial charge is 0.306 e. The molecule has 2 aromatic carbocycles. The Hall–Kier alpha value is -3.24. The maximum Gasteiger partial charge on any atom is 0.306 e. The molecule has 0 bridgehead atoms. The molecule has 10 heteroatoms. The first kappa shape index (κ1) is 23.0. The summed E-state index contributed by atoms with van der Waals surface area (Å²) in [7, 11) is -2.37. The van der Waals surface area contributed by atoms with Gasteiger partial charge >= 0.3 is 5.97 Å². The van der Waals surface area contributed by atoms with E-state index in [0.29, 0.717) is 17.0 Å². The summed E-state index contributed by atoms with van der Waals surface area (Å²) in [5, 5.41) is 7.45. The number of carbonyl (C=O) groups is 3. The number of rotatable bonds is 9. The van der Waals surface area contributed by atoms with Crippen molar-refractivity contribution in [3.05, 3.63) is 53.6 Å². The van der Waals surface area contributed by atoms with Gasteiger partial charge in [0.1, 0.15) is 5.75 Å². The lowest BCUT2D eigenvalue weighted by molar-refractivity contribution is -0.147. The molecule has 160 valence electrons. The van der Waals surface area contributed by atoms with Gasteiger partial charge in [0.05, 0.1) is 24.0 Å². The fourth-order valence-corrected chi connectivity index (χ4v) is 3.05. The molecule has 30 heavy (non-hydrogen) atoms. The van der Waals surface area contributed by atoms with Gasteiger partial charge < -0.3 is 14.8 Å². The van der Waals surface area contributed by atoms with Crippen molar-refractivity contribution in [1.82, 2.24) is 0 Å². The van der Waals surface area contributed by atoms with Crippen LogP contribution in [0.25, 0.3) is 0 Å². The van der Waals surface area contributed by atoms with Crippen molar-refractivity contribution in [3.63, 3.8) is 0 Å². The molecule has 0 aliphatic carbocycles. The van der Waals surface area contributed by atoms with Crippen molar-refractivity contribution < 1.29 is 32.3 Å². The Labute approximate surface area is 174 Å². The molecule has 2 aromatic rings. The first-order valence-electron chi connectivity index (χ1n) is 8.86. The minimum absolute atomic E-state index is 0.0880. The molecule has 0 aromatic heterocycles. The lowest BCUT2D eigenvalue weighted by atomic mass is 10.0. The van der Waals surface area contributed by atoms with Crippen molar-refractivity contribution in [2.45, 2.75) is 24.7 Å². The lowest BCUT2D eigenvalue weighted by Crippen LogP contribution is -2.21. The SMILES string of the molecule is COc1ccc(C)cc1C(=O)CCC(=O)OCC(=O)Nc1ccc(S(N)(=O)=O)cc1. The van der Waals surface area contributed by atoms with Gasteiger partial charge in [-0.05, 0) is 43.3 Å². The van der Waals surface area contributed by atoms with Crippen molar-refractivity contribution >= 4 is 33.4 Å². The molecular weight excluding hydrogens is 412 g/mol. The number of ether oxygens (including phenoxy) is 2. The van der Waals surface area contributed by atoms with Crippen molar-refractivity contribution in [1.29, 1.82) is 0 Å². The summed E-state index contributed by atoms with van der Waals surface area (Å²) in [6, 6.07) is 10.4. The van der Waals surface area contributed by atoms with Crippen LogP contribution >= 0.6 is 0 Å². The molecule has 0 aliphatic rings. The summed E-state index contributed by atoms with van der Waals surface area (Å²) in [6.07, 6.45) is -0.276. The maximum absolute atomic E-state index is 12.3. The van der Waals surface area contributed by atoms with Crippen LogP contribution in [-0.2, 0) is 24.3 Å². The number of ketones is 1. The predicted octanol–water partition coefficient (Wildman–Crippen LogP) is 1.80. The van der Waals surface area contributed by atoms with Crippen LogP contribution in [0.15, 0.2) is 47.4 Å². The van der Waals surface area contributed by atoms with E-state index in [2.05, 4.69) is 5.32 Å². The molecule has 9 nitrogen and oxygen atoms in total. The van der Waals surface area contributed by atoms with Gasteiger partial charge in [0.15, 0.2) is 12.4 Å². The lowest BCUT2D eigenvalue weighted by Gasteiger charge is -2.09. The molecule has 0 spiro atoms. The summed E-state index contributed by atoms with van der Waals surface area (Å²) in [4.78, 5) is 36.0. The molecule has 0 atom stereocenters. The molecule has 1 amide bonds. The largest absolute Gasteiger partial charge is 0.496 e. The molecule has 0 radical (unpaired) electrons. The average molecular weight is 434 g/mol. The number of anilines is 1. The van der Waals surface area contributed by atoms with Gasteiger partial charge in [-0.1, -0.05) is 11.6 Å². The van der Waals surface area contributed by atoms with Crippen LogP contribution in [0, 0.1) is 6.92 Å². The van der Waals surface area contributed by atoms with Gasteiger partial charge in [-0.3, -0.25) is 14.4 Å². The summed E-state index contributed by atoms with van der Waals surface area (Å²) in [5.74, 6) is -1.16. The van der Waals surface area contributed by atoms with Gasteiger partial charge in [0.2, 0.25) is 10.0 Å². The number of benzene rings is 2. The number of carbonyl (C=O) groups excluding carboxylic acids is 3. The second kappa shape index (κ2) is 9.99. The van der Waals surface area contributed by atoms with E-state index in [9.17, 15) is 22.8 Å². The zero-order chi connectivity index (χ0) is 22.3. The number of primary sulfonamides is 1. The number of hydrogen-bond donors (Lipinski definition) is 2. The van der Waals surface area contributed by atoms with E-state index in [0.717, 1.165) is 5.56 Å². The van der Waals surface area contributed by atoms with Gasteiger partial charge in [-0.2, -0.15) is 0 Å². The number of aryl methyl sites for hydroxylation is 1. The number of methoxy groups -OCH3 is 1. The molecule has 2 rings (SSSR count). The zero-order valence-corrected chi connectivity index (χ0v) is 17.3. The van der Waals surface area contributed by atoms with Gasteiger partial charge in [0.25, 0.3) is 5.91 Å². The van der Waals surface area contributed by atoms with Crippen LogP contribution in [0.4, 0.5) is 5.69 Å². The van der Waals surface area contributed by atoms with E-state index >= 15 is 0 Å². The van der Waals surface area contributed by atoms with Crippen molar-refractivity contribution in [2.75, 3.05) is 19.0 Å². The Bertz CT molecular complexity index is 1050. The molecule has 0 saturated carbocycles. The topological polar surface area (TPSA) is 142 Å². The minimum atomic E-state index is -3.83. The normalized spacial score (nSPS) is 10.9. The molecule has 0 fully saturated rings. The number of nitrogens with one attached hydrogen (secondary N) is 1. The Morgan fingerprint density at radius 1 is 1.03 bits per heavy atom. The number of nitrogens with two attached hydrogens (primary N) is 1. The van der Waals surface area contributed by atoms with E-state index in [-0.39, 0.29) is 23.5 Å². The van der Waals surface area contributed by atoms with Crippen LogP contribution < -0.4 is 15.2 Å². The third kappa shape index (κ3) is 6.68. The average Bonchev–Trinajstić information content (AvgIpc) is 2.70. The Balaban J connectivity index is 1.81. The van der Waals surface area contributed by atoms with Crippen LogP contribution in [0.3, 0.4) is 0 Å². The predicted molar refractivity (Wildman–Crippen MR) is 109 cm³/mol. The maximum atomic E-state index is 12.3. The summed E-state index contributed by atoms with van der Waals surface area (Å²) in [6.45, 7) is 1.29. The standard InChI is InChI=1S/C20H22N2O7S/c1-13-3-9-18(28-2)16(11-13)17(23)8-10-20(25)29-12-19(24)22-14-4-6-15(7-5-14)30(21,26)27/h3-7,9,11H,8,10,12H2,1-2H3,(H,22,24)(H2,21,26,27). The fraction of sp³-hybridized carbons (Fsp3) is 0.250. The summed E-state index contributed by atoms with van der Waals surface area (Å²) < 4.78 is 32.4. The highest BCUT2D eigenvalue weighted by atomic mass is 32.2. The number of Topliss-reactive ketones (excluding diaryl/α,β-unsaturated/α-hetero) is 1. The molecule has 0 unspecified atom stereocenters. The third-order valence-corrected chi connectivity index (χ3v) is 4.97. The Kier molecular flexibility index (Phi) is 7.67. The number of sulfonamides is 1. The van der Waals surface area contributed by atoms with Gasteiger partial charge in [0, 0.05) is 12.1 Å². The highest BCUT2D eigenvalue weighted by Gasteiger charge is 2.16. The highest BCUT2D eigenvalue weighted by Crippen LogP contribution is 2.21. The monoisotopic (exact) mass is 434 g/mol. The molecular formula is C20H22N2O7S. The second-order valence-electron chi connectivity index (χ2n) is 6.41. The Morgan fingerprint density at radius 3 is 2.30 bits per heavy atom. The number of hydrogen-bond acceptors (Lipinski definition) is 7. The third-order valence-electron chi connectivity index (χ3n) is 4.04. The van der Waals surface area contributed by atoms with E-state index in [1.54, 1.807) is 12.1 Å². The molecule has 0 saturated heterocycles. The van der Waals surface area contributed by atoms with E-state index in [1.165, 1.54) is 31.4 Å². The van der Waals surface area contributed by atoms with Crippen LogP contribution in [0.2, 0.25) is 0 Å². The first-order chi connectivity index (χ1) is 14.1. The zero-order valence-electron chi connectivity index (χ0n) is 16.5. The van der Waals surface area contributed by atoms with Gasteiger partial charge in [-0.25, -0.2) is 13.6 Å².